The summed E-state index contributed by atoms with van der Waals surface area (Å²) in [5.41, 5.74) is 2.66. The highest BCUT2D eigenvalue weighted by atomic mass is 35.5. The number of hydrogen-bond donors (Lipinski definition) is 1. The van der Waals surface area contributed by atoms with Crippen LogP contribution < -0.4 is 20.3 Å². The molecule has 0 aliphatic carbocycles. The van der Waals surface area contributed by atoms with Crippen LogP contribution >= 0.6 is 24.8 Å². The fraction of sp³-hybridized carbons (Fsp3) is 0.480. The van der Waals surface area contributed by atoms with E-state index >= 15 is 0 Å². The smallest absolute Gasteiger partial charge is 0.251 e. The van der Waals surface area contributed by atoms with Crippen molar-refractivity contribution in [2.24, 2.45) is 0 Å². The van der Waals surface area contributed by atoms with Crippen LogP contribution in [0.3, 0.4) is 0 Å². The number of hydrogen-bond acceptors (Lipinski definition) is 7. The Hall–Kier alpha value is -2.46. The number of rotatable bonds is 7. The lowest BCUT2D eigenvalue weighted by Gasteiger charge is -2.32. The van der Waals surface area contributed by atoms with E-state index in [1.165, 1.54) is 12.3 Å². The number of ether oxygens (including phenoxy) is 2. The second-order valence-electron chi connectivity index (χ2n) is 8.81. The van der Waals surface area contributed by atoms with Gasteiger partial charge in [-0.15, -0.1) is 24.8 Å². The molecule has 0 spiro atoms. The molecule has 36 heavy (non-hydrogen) atoms. The summed E-state index contributed by atoms with van der Waals surface area (Å²) in [6, 6.07) is 5.56. The van der Waals surface area contributed by atoms with Crippen LogP contribution in [0, 0.1) is 5.82 Å². The van der Waals surface area contributed by atoms with Gasteiger partial charge in [-0.3, -0.25) is 14.8 Å². The Labute approximate surface area is 222 Å². The summed E-state index contributed by atoms with van der Waals surface area (Å²) >= 11 is 0. The first kappa shape index (κ1) is 28.1. The summed E-state index contributed by atoms with van der Waals surface area (Å²) in [5.74, 6) is 1.12. The number of fused-ring (bicyclic) bond motifs is 2. The minimum atomic E-state index is -0.353. The zero-order valence-corrected chi connectivity index (χ0v) is 21.9. The van der Waals surface area contributed by atoms with Crippen molar-refractivity contribution in [2.45, 2.75) is 45.3 Å². The molecule has 0 saturated carbocycles. The van der Waals surface area contributed by atoms with Crippen LogP contribution in [0.5, 0.6) is 11.5 Å². The van der Waals surface area contributed by atoms with Crippen LogP contribution in [-0.4, -0.2) is 58.3 Å². The van der Waals surface area contributed by atoms with Gasteiger partial charge in [-0.1, -0.05) is 6.92 Å². The van der Waals surface area contributed by atoms with E-state index in [9.17, 15) is 9.18 Å². The van der Waals surface area contributed by atoms with Gasteiger partial charge in [-0.2, -0.15) is 0 Å². The monoisotopic (exact) mass is 539 g/mol. The Morgan fingerprint density at radius 2 is 1.81 bits per heavy atom. The van der Waals surface area contributed by atoms with Gasteiger partial charge in [0.05, 0.1) is 29.1 Å². The predicted octanol–water partition coefficient (Wildman–Crippen LogP) is 3.36. The third kappa shape index (κ3) is 6.08. The first-order chi connectivity index (χ1) is 16.6. The second kappa shape index (κ2) is 12.7. The third-order valence-corrected chi connectivity index (χ3v) is 6.69. The van der Waals surface area contributed by atoms with Crippen LogP contribution in [0.25, 0.3) is 11.0 Å². The summed E-state index contributed by atoms with van der Waals surface area (Å²) in [6.45, 7) is 6.87. The molecule has 11 heteroatoms. The molecule has 2 aliphatic rings. The predicted molar refractivity (Wildman–Crippen MR) is 141 cm³/mol. The zero-order chi connectivity index (χ0) is 23.5. The molecule has 1 saturated heterocycles. The lowest BCUT2D eigenvalue weighted by Crippen LogP contribution is -2.43. The maximum absolute atomic E-state index is 14.3. The van der Waals surface area contributed by atoms with E-state index in [2.05, 4.69) is 20.2 Å². The number of piperidine rings is 1. The van der Waals surface area contributed by atoms with E-state index in [-0.39, 0.29) is 36.2 Å². The van der Waals surface area contributed by atoms with Gasteiger partial charge >= 0.3 is 0 Å². The molecule has 0 radical (unpaired) electrons. The van der Waals surface area contributed by atoms with Gasteiger partial charge < -0.3 is 24.3 Å². The molecule has 0 aromatic carbocycles. The number of likely N-dealkylation sites (tertiary alicyclic amines) is 1. The number of nitrogens with zero attached hydrogens (tertiary/aromatic N) is 4. The third-order valence-electron chi connectivity index (χ3n) is 6.69. The van der Waals surface area contributed by atoms with E-state index in [4.69, 9.17) is 9.47 Å². The van der Waals surface area contributed by atoms with Gasteiger partial charge in [-0.05, 0) is 38.4 Å². The largest absolute Gasteiger partial charge is 0.486 e. The highest BCUT2D eigenvalue weighted by molar-refractivity contribution is 5.85. The average molecular weight is 540 g/mol. The topological polar surface area (TPSA) is 81.5 Å². The minimum Gasteiger partial charge on any atom is -0.486 e. The number of aromatic nitrogens is 3. The summed E-state index contributed by atoms with van der Waals surface area (Å²) in [5, 5.41) is 3.60. The molecule has 1 N–H and O–H groups in total. The van der Waals surface area contributed by atoms with Gasteiger partial charge in [0.1, 0.15) is 19.0 Å². The van der Waals surface area contributed by atoms with Crippen molar-refractivity contribution in [2.75, 3.05) is 32.8 Å². The van der Waals surface area contributed by atoms with Crippen molar-refractivity contribution in [3.63, 3.8) is 0 Å². The first-order valence-corrected chi connectivity index (χ1v) is 12.0. The molecule has 2 aliphatic heterocycles. The number of pyridine rings is 3. The molecule has 196 valence electrons. The van der Waals surface area contributed by atoms with E-state index in [1.54, 1.807) is 16.8 Å². The molecule has 0 bridgehead atoms. The van der Waals surface area contributed by atoms with Crippen molar-refractivity contribution in [1.29, 1.82) is 0 Å². The molecule has 1 fully saturated rings. The highest BCUT2D eigenvalue weighted by Gasteiger charge is 2.20. The van der Waals surface area contributed by atoms with Gasteiger partial charge in [0.25, 0.3) is 5.56 Å². The van der Waals surface area contributed by atoms with Crippen molar-refractivity contribution in [1.82, 2.24) is 24.8 Å². The Bertz CT molecular complexity index is 1230. The first-order valence-electron chi connectivity index (χ1n) is 12.0. The SMILES string of the molecule is CCc1c(F)cnc2ccc(=O)n(CCN3CCC(NCc4cc5c(cn4)OCCO5)CC3)c12.Cl.Cl. The molecule has 3 aromatic heterocycles. The Kier molecular flexibility index (Phi) is 9.90. The van der Waals surface area contributed by atoms with Crippen LogP contribution in [0.1, 0.15) is 31.0 Å². The Balaban J connectivity index is 0.00000180. The van der Waals surface area contributed by atoms with E-state index in [0.717, 1.165) is 43.9 Å². The van der Waals surface area contributed by atoms with E-state index in [0.29, 0.717) is 61.1 Å². The summed E-state index contributed by atoms with van der Waals surface area (Å²) in [7, 11) is 0. The molecule has 5 rings (SSSR count). The highest BCUT2D eigenvalue weighted by Crippen LogP contribution is 2.29. The second-order valence-corrected chi connectivity index (χ2v) is 8.81. The van der Waals surface area contributed by atoms with E-state index < -0.39 is 0 Å². The lowest BCUT2D eigenvalue weighted by atomic mass is 10.0. The van der Waals surface area contributed by atoms with Gasteiger partial charge in [0.15, 0.2) is 11.5 Å². The van der Waals surface area contributed by atoms with Gasteiger partial charge in [0, 0.05) is 43.4 Å². The Morgan fingerprint density at radius 3 is 2.56 bits per heavy atom. The van der Waals surface area contributed by atoms with Crippen molar-refractivity contribution in [3.8, 4) is 11.5 Å². The van der Waals surface area contributed by atoms with Crippen LogP contribution in [0.15, 0.2) is 35.4 Å². The molecular weight excluding hydrogens is 508 g/mol. The number of halogens is 3. The summed E-state index contributed by atoms with van der Waals surface area (Å²) in [4.78, 5) is 23.6. The number of aryl methyl sites for hydroxylation is 1. The standard InChI is InChI=1S/C25H30FN5O3.2ClH/c1-2-19-20(26)15-29-21-3-4-24(32)31(25(19)21)10-9-30-7-5-17(6-8-30)27-14-18-13-22-23(16-28-18)34-12-11-33-22;;/h3-4,13,15-17,27H,2,5-12,14H2,1H3;2*1H. The van der Waals surface area contributed by atoms with Crippen molar-refractivity contribution < 1.29 is 13.9 Å². The van der Waals surface area contributed by atoms with Crippen molar-refractivity contribution >= 4 is 35.8 Å². The van der Waals surface area contributed by atoms with Crippen LogP contribution in [0.4, 0.5) is 4.39 Å². The fourth-order valence-corrected chi connectivity index (χ4v) is 4.80. The zero-order valence-electron chi connectivity index (χ0n) is 20.2. The van der Waals surface area contributed by atoms with E-state index in [1.807, 2.05) is 13.0 Å². The fourth-order valence-electron chi connectivity index (χ4n) is 4.80. The number of nitrogens with one attached hydrogen (secondary N) is 1. The molecular formula is C25H32Cl2FN5O3. The average Bonchev–Trinajstić information content (AvgIpc) is 2.87. The molecule has 8 nitrogen and oxygen atoms in total. The molecule has 0 atom stereocenters. The van der Waals surface area contributed by atoms with Crippen molar-refractivity contribution in [3.05, 3.63) is 58.0 Å². The molecule has 5 heterocycles. The minimum absolute atomic E-state index is 0. The molecule has 3 aromatic rings. The molecule has 0 amide bonds. The van der Waals surface area contributed by atoms with Crippen LogP contribution in [0.2, 0.25) is 0 Å². The lowest BCUT2D eigenvalue weighted by molar-refractivity contribution is 0.170. The quantitative estimate of drug-likeness (QED) is 0.492. The summed E-state index contributed by atoms with van der Waals surface area (Å²) in [6.07, 6.45) is 5.53. The maximum atomic E-state index is 14.3. The molecule has 0 unspecified atom stereocenters. The normalized spacial score (nSPS) is 15.8. The maximum Gasteiger partial charge on any atom is 0.251 e. The van der Waals surface area contributed by atoms with Gasteiger partial charge in [0.2, 0.25) is 0 Å². The van der Waals surface area contributed by atoms with Crippen LogP contribution in [-0.2, 0) is 19.5 Å². The Morgan fingerprint density at radius 1 is 1.06 bits per heavy atom. The summed E-state index contributed by atoms with van der Waals surface area (Å²) < 4.78 is 27.2. The van der Waals surface area contributed by atoms with Gasteiger partial charge in [-0.25, -0.2) is 4.39 Å².